The van der Waals surface area contributed by atoms with Gasteiger partial charge in [-0.25, -0.2) is 4.79 Å². The minimum Gasteiger partial charge on any atom is -0.481 e. The third kappa shape index (κ3) is 10.6. The standard InChI is InChI=1S/C14H29N3O3/c1-11(2)12(10-17(3)4)16-14(20)15-9-7-5-6-8-13(18)19/h11-12H,5-10H2,1-4H3,(H,18,19)(H2,15,16,20). The third-order valence-electron chi connectivity index (χ3n) is 3.04. The second-order valence-electron chi connectivity index (χ2n) is 5.72. The van der Waals surface area contributed by atoms with Gasteiger partial charge in [0.1, 0.15) is 0 Å². The van der Waals surface area contributed by atoms with E-state index in [1.54, 1.807) is 0 Å². The van der Waals surface area contributed by atoms with Crippen molar-refractivity contribution in [2.75, 3.05) is 27.2 Å². The van der Waals surface area contributed by atoms with Gasteiger partial charge in [-0.2, -0.15) is 0 Å². The first-order valence-corrected chi connectivity index (χ1v) is 7.23. The first kappa shape index (κ1) is 18.7. The zero-order valence-electron chi connectivity index (χ0n) is 13.1. The summed E-state index contributed by atoms with van der Waals surface area (Å²) in [5.41, 5.74) is 0. The number of unbranched alkanes of at least 4 members (excludes halogenated alkanes) is 2. The molecule has 0 aromatic rings. The normalized spacial score (nSPS) is 12.5. The lowest BCUT2D eigenvalue weighted by molar-refractivity contribution is -0.137. The molecule has 0 bridgehead atoms. The fourth-order valence-electron chi connectivity index (χ4n) is 1.82. The Hall–Kier alpha value is -1.30. The van der Waals surface area contributed by atoms with E-state index in [-0.39, 0.29) is 18.5 Å². The Labute approximate surface area is 121 Å². The number of hydrogen-bond acceptors (Lipinski definition) is 3. The molecular weight excluding hydrogens is 258 g/mol. The van der Waals surface area contributed by atoms with Crippen LogP contribution >= 0.6 is 0 Å². The Morgan fingerprint density at radius 2 is 1.80 bits per heavy atom. The van der Waals surface area contributed by atoms with Crippen LogP contribution in [-0.2, 0) is 4.79 Å². The Bertz CT molecular complexity index is 293. The summed E-state index contributed by atoms with van der Waals surface area (Å²) in [6.45, 7) is 5.56. The molecule has 0 saturated carbocycles. The summed E-state index contributed by atoms with van der Waals surface area (Å²) in [5.74, 6) is -0.391. The van der Waals surface area contributed by atoms with Gasteiger partial charge in [-0.15, -0.1) is 0 Å². The summed E-state index contributed by atoms with van der Waals surface area (Å²) in [7, 11) is 3.97. The summed E-state index contributed by atoms with van der Waals surface area (Å²) < 4.78 is 0. The molecule has 2 amide bonds. The van der Waals surface area contributed by atoms with Crippen molar-refractivity contribution in [2.24, 2.45) is 5.92 Å². The van der Waals surface area contributed by atoms with Gasteiger partial charge < -0.3 is 20.6 Å². The lowest BCUT2D eigenvalue weighted by atomic mass is 10.0. The molecule has 0 aromatic carbocycles. The van der Waals surface area contributed by atoms with Gasteiger partial charge in [0.05, 0.1) is 0 Å². The maximum absolute atomic E-state index is 11.7. The molecule has 0 heterocycles. The molecule has 1 atom stereocenters. The minimum absolute atomic E-state index is 0.122. The minimum atomic E-state index is -0.765. The molecule has 118 valence electrons. The number of carboxylic acid groups (broad SMARTS) is 1. The van der Waals surface area contributed by atoms with E-state index < -0.39 is 5.97 Å². The fraction of sp³-hybridized carbons (Fsp3) is 0.857. The summed E-state index contributed by atoms with van der Waals surface area (Å²) >= 11 is 0. The molecular formula is C14H29N3O3. The van der Waals surface area contributed by atoms with Crippen LogP contribution in [0.3, 0.4) is 0 Å². The van der Waals surface area contributed by atoms with E-state index in [9.17, 15) is 9.59 Å². The topological polar surface area (TPSA) is 81.7 Å². The lowest BCUT2D eigenvalue weighted by Gasteiger charge is -2.25. The SMILES string of the molecule is CC(C)C(CN(C)C)NC(=O)NCCCCCC(=O)O. The second-order valence-corrected chi connectivity index (χ2v) is 5.72. The number of amides is 2. The van der Waals surface area contributed by atoms with Crippen molar-refractivity contribution in [1.82, 2.24) is 15.5 Å². The van der Waals surface area contributed by atoms with Crippen molar-refractivity contribution in [2.45, 2.75) is 45.6 Å². The van der Waals surface area contributed by atoms with Crippen LogP contribution in [0.5, 0.6) is 0 Å². The molecule has 0 aliphatic heterocycles. The summed E-state index contributed by atoms with van der Waals surface area (Å²) in [6, 6.07) is -0.0270. The van der Waals surface area contributed by atoms with Crippen LogP contribution in [0.2, 0.25) is 0 Å². The molecule has 0 aliphatic carbocycles. The van der Waals surface area contributed by atoms with E-state index in [0.717, 1.165) is 19.4 Å². The van der Waals surface area contributed by atoms with E-state index in [1.807, 2.05) is 14.1 Å². The predicted octanol–water partition coefficient (Wildman–Crippen LogP) is 1.52. The van der Waals surface area contributed by atoms with Crippen LogP contribution in [0.4, 0.5) is 4.79 Å². The van der Waals surface area contributed by atoms with Crippen molar-refractivity contribution in [3.8, 4) is 0 Å². The number of nitrogens with zero attached hydrogens (tertiary/aromatic N) is 1. The molecule has 0 radical (unpaired) electrons. The Morgan fingerprint density at radius 3 is 2.30 bits per heavy atom. The zero-order valence-corrected chi connectivity index (χ0v) is 13.1. The Kier molecular flexibility index (Phi) is 9.80. The first-order chi connectivity index (χ1) is 9.32. The number of carbonyl (C=O) groups excluding carboxylic acids is 1. The fourth-order valence-corrected chi connectivity index (χ4v) is 1.82. The number of carboxylic acids is 1. The number of nitrogens with one attached hydrogen (secondary N) is 2. The maximum atomic E-state index is 11.7. The number of carbonyl (C=O) groups is 2. The highest BCUT2D eigenvalue weighted by Crippen LogP contribution is 2.02. The van der Waals surface area contributed by atoms with Crippen LogP contribution in [0.1, 0.15) is 39.5 Å². The molecule has 0 aliphatic rings. The largest absolute Gasteiger partial charge is 0.481 e. The van der Waals surface area contributed by atoms with Gasteiger partial charge in [-0.05, 0) is 32.9 Å². The third-order valence-corrected chi connectivity index (χ3v) is 3.04. The molecule has 3 N–H and O–H groups in total. The second kappa shape index (κ2) is 10.5. The predicted molar refractivity (Wildman–Crippen MR) is 79.8 cm³/mol. The Balaban J connectivity index is 3.77. The summed E-state index contributed by atoms with van der Waals surface area (Å²) in [6.07, 6.45) is 2.48. The summed E-state index contributed by atoms with van der Waals surface area (Å²) in [4.78, 5) is 24.1. The smallest absolute Gasteiger partial charge is 0.315 e. The highest BCUT2D eigenvalue weighted by atomic mass is 16.4. The molecule has 20 heavy (non-hydrogen) atoms. The van der Waals surface area contributed by atoms with Crippen LogP contribution in [-0.4, -0.2) is 55.2 Å². The molecule has 0 saturated heterocycles. The van der Waals surface area contributed by atoms with E-state index in [0.29, 0.717) is 18.9 Å². The maximum Gasteiger partial charge on any atom is 0.315 e. The average Bonchev–Trinajstić information content (AvgIpc) is 2.31. The lowest BCUT2D eigenvalue weighted by Crippen LogP contribution is -2.49. The van der Waals surface area contributed by atoms with Gasteiger partial charge >= 0.3 is 12.0 Å². The number of aliphatic carboxylic acids is 1. The van der Waals surface area contributed by atoms with Gasteiger partial charge in [-0.1, -0.05) is 20.3 Å². The molecule has 0 aromatic heterocycles. The quantitative estimate of drug-likeness (QED) is 0.532. The van der Waals surface area contributed by atoms with Crippen molar-refractivity contribution in [3.63, 3.8) is 0 Å². The molecule has 1 unspecified atom stereocenters. The number of urea groups is 1. The average molecular weight is 287 g/mol. The van der Waals surface area contributed by atoms with Crippen LogP contribution in [0, 0.1) is 5.92 Å². The highest BCUT2D eigenvalue weighted by Gasteiger charge is 2.16. The molecule has 6 heteroatoms. The van der Waals surface area contributed by atoms with Gasteiger partial charge in [0.2, 0.25) is 0 Å². The number of likely N-dealkylation sites (N-methyl/N-ethyl adjacent to an activating group) is 1. The molecule has 6 nitrogen and oxygen atoms in total. The van der Waals surface area contributed by atoms with Gasteiger partial charge in [-0.3, -0.25) is 4.79 Å². The monoisotopic (exact) mass is 287 g/mol. The van der Waals surface area contributed by atoms with Crippen LogP contribution in [0.25, 0.3) is 0 Å². The zero-order chi connectivity index (χ0) is 15.5. The molecule has 0 rings (SSSR count). The first-order valence-electron chi connectivity index (χ1n) is 7.23. The van der Waals surface area contributed by atoms with E-state index in [2.05, 4.69) is 29.4 Å². The highest BCUT2D eigenvalue weighted by molar-refractivity contribution is 5.74. The Morgan fingerprint density at radius 1 is 1.15 bits per heavy atom. The van der Waals surface area contributed by atoms with Gasteiger partial charge in [0, 0.05) is 25.6 Å². The number of hydrogen-bond donors (Lipinski definition) is 3. The number of rotatable bonds is 10. The molecule has 0 spiro atoms. The van der Waals surface area contributed by atoms with Crippen molar-refractivity contribution in [1.29, 1.82) is 0 Å². The van der Waals surface area contributed by atoms with Crippen LogP contribution in [0.15, 0.2) is 0 Å². The van der Waals surface area contributed by atoms with E-state index in [4.69, 9.17) is 5.11 Å². The van der Waals surface area contributed by atoms with Crippen molar-refractivity contribution >= 4 is 12.0 Å². The van der Waals surface area contributed by atoms with Crippen LogP contribution < -0.4 is 10.6 Å². The van der Waals surface area contributed by atoms with E-state index in [1.165, 1.54) is 0 Å². The summed E-state index contributed by atoms with van der Waals surface area (Å²) in [5, 5.41) is 14.3. The van der Waals surface area contributed by atoms with Crippen molar-refractivity contribution < 1.29 is 14.7 Å². The van der Waals surface area contributed by atoms with E-state index >= 15 is 0 Å². The van der Waals surface area contributed by atoms with Gasteiger partial charge in [0.25, 0.3) is 0 Å². The molecule has 0 fully saturated rings. The van der Waals surface area contributed by atoms with Gasteiger partial charge in [0.15, 0.2) is 0 Å². The van der Waals surface area contributed by atoms with Crippen molar-refractivity contribution in [3.05, 3.63) is 0 Å².